The predicted molar refractivity (Wildman–Crippen MR) is 102 cm³/mol. The summed E-state index contributed by atoms with van der Waals surface area (Å²) in [6, 6.07) is 0.275. The van der Waals surface area contributed by atoms with Gasteiger partial charge in [0, 0.05) is 50.3 Å². The Balaban J connectivity index is 1.38. The molecule has 0 atom stereocenters. The highest BCUT2D eigenvalue weighted by Gasteiger charge is 2.25. The molecule has 0 spiro atoms. The molecular weight excluding hydrogens is 360 g/mol. The van der Waals surface area contributed by atoms with E-state index in [9.17, 15) is 4.79 Å². The highest BCUT2D eigenvalue weighted by atomic mass is 16.5. The van der Waals surface area contributed by atoms with E-state index < -0.39 is 0 Å². The Morgan fingerprint density at radius 2 is 2.18 bits per heavy atom. The zero-order valence-corrected chi connectivity index (χ0v) is 16.6. The summed E-state index contributed by atoms with van der Waals surface area (Å²) in [4.78, 5) is 18.4. The number of nitrogens with one attached hydrogen (secondary N) is 1. The molecular formula is C19H28N6O3. The number of nitrogens with zero attached hydrogens (tertiary/aromatic N) is 5. The molecule has 2 aliphatic rings. The van der Waals surface area contributed by atoms with Crippen molar-refractivity contribution < 1.29 is 14.1 Å². The van der Waals surface area contributed by atoms with Crippen LogP contribution in [0.2, 0.25) is 0 Å². The maximum absolute atomic E-state index is 12.3. The van der Waals surface area contributed by atoms with Crippen LogP contribution in [0.25, 0.3) is 11.6 Å². The van der Waals surface area contributed by atoms with Crippen LogP contribution < -0.4 is 5.32 Å². The van der Waals surface area contributed by atoms with Crippen molar-refractivity contribution in [2.45, 2.75) is 64.6 Å². The molecule has 0 saturated heterocycles. The van der Waals surface area contributed by atoms with E-state index in [4.69, 9.17) is 9.26 Å². The summed E-state index contributed by atoms with van der Waals surface area (Å²) in [5, 5.41) is 11.8. The van der Waals surface area contributed by atoms with Gasteiger partial charge in [0.25, 0.3) is 5.89 Å². The Bertz CT molecular complexity index is 824. The van der Waals surface area contributed by atoms with Crippen molar-refractivity contribution in [2.75, 3.05) is 20.2 Å². The van der Waals surface area contributed by atoms with Crippen molar-refractivity contribution in [3.05, 3.63) is 17.1 Å². The number of ether oxygens (including phenoxy) is 1. The molecule has 4 rings (SSSR count). The van der Waals surface area contributed by atoms with E-state index in [1.165, 1.54) is 18.5 Å². The van der Waals surface area contributed by atoms with Crippen LogP contribution in [0.4, 0.5) is 4.79 Å². The molecule has 1 fully saturated rings. The summed E-state index contributed by atoms with van der Waals surface area (Å²) >= 11 is 0. The van der Waals surface area contributed by atoms with Gasteiger partial charge in [-0.15, -0.1) is 0 Å². The number of amides is 2. The summed E-state index contributed by atoms with van der Waals surface area (Å²) in [7, 11) is 1.79. The quantitative estimate of drug-likeness (QED) is 0.814. The van der Waals surface area contributed by atoms with Gasteiger partial charge >= 0.3 is 6.03 Å². The van der Waals surface area contributed by atoms with Crippen LogP contribution in [0.1, 0.15) is 49.7 Å². The lowest BCUT2D eigenvalue weighted by Crippen LogP contribution is -2.42. The van der Waals surface area contributed by atoms with E-state index in [0.29, 0.717) is 49.6 Å². The van der Waals surface area contributed by atoms with Crippen LogP contribution in [0, 0.1) is 0 Å². The molecule has 2 amide bonds. The number of fused-ring (bicyclic) bond motifs is 1. The third kappa shape index (κ3) is 3.89. The van der Waals surface area contributed by atoms with Crippen molar-refractivity contribution >= 4 is 6.03 Å². The Labute approximate surface area is 164 Å². The summed E-state index contributed by atoms with van der Waals surface area (Å²) in [5.41, 5.74) is 2.94. The second kappa shape index (κ2) is 8.30. The lowest BCUT2D eigenvalue weighted by molar-refractivity contribution is 0.109. The second-order valence-corrected chi connectivity index (χ2v) is 7.51. The van der Waals surface area contributed by atoms with Crippen molar-refractivity contribution in [1.29, 1.82) is 0 Å². The Morgan fingerprint density at radius 1 is 1.36 bits per heavy atom. The van der Waals surface area contributed by atoms with Crippen LogP contribution in [-0.4, -0.2) is 57.1 Å². The Kier molecular flexibility index (Phi) is 5.61. The fourth-order valence-electron chi connectivity index (χ4n) is 3.92. The zero-order chi connectivity index (χ0) is 19.5. The summed E-state index contributed by atoms with van der Waals surface area (Å²) in [6.45, 7) is 4.62. The third-order valence-corrected chi connectivity index (χ3v) is 5.57. The lowest BCUT2D eigenvalue weighted by atomic mass is 10.1. The first kappa shape index (κ1) is 18.9. The van der Waals surface area contributed by atoms with Crippen LogP contribution in [-0.2, 0) is 30.7 Å². The van der Waals surface area contributed by atoms with Gasteiger partial charge in [0.1, 0.15) is 0 Å². The van der Waals surface area contributed by atoms with Gasteiger partial charge in [-0.3, -0.25) is 4.68 Å². The van der Waals surface area contributed by atoms with Crippen molar-refractivity contribution in [3.8, 4) is 11.6 Å². The maximum atomic E-state index is 12.3. The Hall–Kier alpha value is -2.42. The third-order valence-electron chi connectivity index (χ3n) is 5.57. The molecule has 2 aromatic rings. The monoisotopic (exact) mass is 388 g/mol. The molecule has 0 aromatic carbocycles. The van der Waals surface area contributed by atoms with Gasteiger partial charge in [0.2, 0.25) is 0 Å². The number of likely N-dealkylation sites (N-methyl/N-ethyl adjacent to an activating group) is 1. The SMILES string of the molecule is CCn1nc(-c2nc(CCN(C)C(=O)NC3CCCC3)no2)c2c1CCOC2. The summed E-state index contributed by atoms with van der Waals surface area (Å²) in [5.74, 6) is 0.994. The molecule has 2 aromatic heterocycles. The molecule has 0 unspecified atom stereocenters. The van der Waals surface area contributed by atoms with E-state index in [1.54, 1.807) is 11.9 Å². The smallest absolute Gasteiger partial charge is 0.317 e. The predicted octanol–water partition coefficient (Wildman–Crippen LogP) is 2.15. The molecule has 1 aliphatic carbocycles. The van der Waals surface area contributed by atoms with Gasteiger partial charge in [0.15, 0.2) is 11.5 Å². The van der Waals surface area contributed by atoms with Crippen molar-refractivity contribution in [2.24, 2.45) is 0 Å². The van der Waals surface area contributed by atoms with Gasteiger partial charge in [-0.05, 0) is 19.8 Å². The first-order valence-electron chi connectivity index (χ1n) is 10.2. The molecule has 9 nitrogen and oxygen atoms in total. The molecule has 9 heteroatoms. The van der Waals surface area contributed by atoms with Gasteiger partial charge in [-0.2, -0.15) is 10.1 Å². The van der Waals surface area contributed by atoms with Crippen LogP contribution in [0.5, 0.6) is 0 Å². The average molecular weight is 388 g/mol. The number of hydrogen-bond acceptors (Lipinski definition) is 6. The molecule has 28 heavy (non-hydrogen) atoms. The summed E-state index contributed by atoms with van der Waals surface area (Å²) in [6.07, 6.45) is 5.92. The lowest BCUT2D eigenvalue weighted by Gasteiger charge is -2.20. The van der Waals surface area contributed by atoms with E-state index in [1.807, 2.05) is 4.68 Å². The number of aromatic nitrogens is 4. The minimum absolute atomic E-state index is 0.0384. The number of carbonyl (C=O) groups excluding carboxylic acids is 1. The summed E-state index contributed by atoms with van der Waals surface area (Å²) < 4.78 is 13.0. The average Bonchev–Trinajstić information content (AvgIpc) is 3.45. The van der Waals surface area contributed by atoms with E-state index in [2.05, 4.69) is 27.5 Å². The number of carbonyl (C=O) groups is 1. The molecule has 0 bridgehead atoms. The normalized spacial score (nSPS) is 16.9. The first-order valence-corrected chi connectivity index (χ1v) is 10.2. The molecule has 3 heterocycles. The van der Waals surface area contributed by atoms with E-state index in [0.717, 1.165) is 31.4 Å². The van der Waals surface area contributed by atoms with Gasteiger partial charge in [0.05, 0.1) is 13.2 Å². The van der Waals surface area contributed by atoms with Crippen LogP contribution in [0.15, 0.2) is 4.52 Å². The first-order chi connectivity index (χ1) is 13.7. The Morgan fingerprint density at radius 3 is 2.96 bits per heavy atom. The fraction of sp³-hybridized carbons (Fsp3) is 0.684. The van der Waals surface area contributed by atoms with Gasteiger partial charge < -0.3 is 19.5 Å². The molecule has 1 aliphatic heterocycles. The maximum Gasteiger partial charge on any atom is 0.317 e. The molecule has 152 valence electrons. The fourth-order valence-corrected chi connectivity index (χ4v) is 3.92. The number of urea groups is 1. The van der Waals surface area contributed by atoms with Crippen LogP contribution >= 0.6 is 0 Å². The van der Waals surface area contributed by atoms with Gasteiger partial charge in [-0.25, -0.2) is 4.79 Å². The zero-order valence-electron chi connectivity index (χ0n) is 16.6. The highest BCUT2D eigenvalue weighted by molar-refractivity contribution is 5.74. The number of hydrogen-bond donors (Lipinski definition) is 1. The molecule has 1 saturated carbocycles. The van der Waals surface area contributed by atoms with Crippen LogP contribution in [0.3, 0.4) is 0 Å². The topological polar surface area (TPSA) is 98.3 Å². The van der Waals surface area contributed by atoms with Gasteiger partial charge in [-0.1, -0.05) is 18.0 Å². The standard InChI is InChI=1S/C19H28N6O3/c1-3-25-15-9-11-27-12-14(15)17(22-25)18-21-16(23-28-18)8-10-24(2)19(26)20-13-6-4-5-7-13/h13H,3-12H2,1-2H3,(H,20,26). The number of aryl methyl sites for hydroxylation is 1. The van der Waals surface area contributed by atoms with Crippen molar-refractivity contribution in [1.82, 2.24) is 30.1 Å². The minimum atomic E-state index is -0.0384. The largest absolute Gasteiger partial charge is 0.376 e. The number of rotatable bonds is 6. The highest BCUT2D eigenvalue weighted by Crippen LogP contribution is 2.28. The minimum Gasteiger partial charge on any atom is -0.376 e. The molecule has 1 N–H and O–H groups in total. The second-order valence-electron chi connectivity index (χ2n) is 7.51. The van der Waals surface area contributed by atoms with Crippen molar-refractivity contribution in [3.63, 3.8) is 0 Å². The van der Waals surface area contributed by atoms with E-state index >= 15 is 0 Å². The van der Waals surface area contributed by atoms with E-state index in [-0.39, 0.29) is 6.03 Å². The molecule has 0 radical (unpaired) electrons.